The largest absolute Gasteiger partial charge is 0.573 e. The van der Waals surface area contributed by atoms with Crippen LogP contribution in [-0.2, 0) is 0 Å². The van der Waals surface area contributed by atoms with Gasteiger partial charge in [-0.15, -0.1) is 13.2 Å². The van der Waals surface area contributed by atoms with Crippen LogP contribution in [0.1, 0.15) is 5.56 Å². The summed E-state index contributed by atoms with van der Waals surface area (Å²) in [6.07, 6.45) is -3.14. The minimum absolute atomic E-state index is 0.218. The number of hydrogen-bond acceptors (Lipinski definition) is 1. The first-order valence-corrected chi connectivity index (χ1v) is 5.57. The van der Waals surface area contributed by atoms with Gasteiger partial charge in [0.1, 0.15) is 5.75 Å². The lowest BCUT2D eigenvalue weighted by molar-refractivity contribution is -0.274. The van der Waals surface area contributed by atoms with Crippen LogP contribution in [0.15, 0.2) is 55.1 Å². The molecule has 98 valence electrons. The minimum Gasteiger partial charge on any atom is -0.405 e. The molecule has 0 saturated carbocycles. The third-order valence-electron chi connectivity index (χ3n) is 2.55. The van der Waals surface area contributed by atoms with E-state index in [-0.39, 0.29) is 5.75 Å². The molecule has 0 aliphatic rings. The summed E-state index contributed by atoms with van der Waals surface area (Å²) in [6, 6.07) is 13.2. The molecule has 0 aliphatic carbocycles. The maximum absolute atomic E-state index is 12.4. The molecule has 2 aromatic carbocycles. The van der Waals surface area contributed by atoms with Gasteiger partial charge in [-0.1, -0.05) is 49.1 Å². The van der Waals surface area contributed by atoms with Crippen LogP contribution in [0, 0.1) is 0 Å². The molecule has 2 aromatic rings. The lowest BCUT2D eigenvalue weighted by Gasteiger charge is -2.14. The zero-order chi connectivity index (χ0) is 13.9. The van der Waals surface area contributed by atoms with E-state index in [9.17, 15) is 13.2 Å². The van der Waals surface area contributed by atoms with Crippen molar-refractivity contribution in [1.82, 2.24) is 0 Å². The number of rotatable bonds is 3. The number of hydrogen-bond donors (Lipinski definition) is 0. The molecule has 0 heterocycles. The lowest BCUT2D eigenvalue weighted by atomic mass is 10.0. The average molecular weight is 264 g/mol. The minimum atomic E-state index is -4.71. The SMILES string of the molecule is C=Cc1ccc(OC(F)(F)F)c(-c2ccccc2)c1. The summed E-state index contributed by atoms with van der Waals surface area (Å²) in [6.45, 7) is 3.61. The Morgan fingerprint density at radius 2 is 1.68 bits per heavy atom. The summed E-state index contributed by atoms with van der Waals surface area (Å²) < 4.78 is 41.2. The first-order chi connectivity index (χ1) is 8.99. The van der Waals surface area contributed by atoms with Gasteiger partial charge in [0.25, 0.3) is 0 Å². The summed E-state index contributed by atoms with van der Waals surface area (Å²) in [5.74, 6) is -0.218. The molecular weight excluding hydrogens is 253 g/mol. The van der Waals surface area contributed by atoms with Crippen molar-refractivity contribution in [3.8, 4) is 16.9 Å². The van der Waals surface area contributed by atoms with E-state index in [2.05, 4.69) is 11.3 Å². The van der Waals surface area contributed by atoms with Crippen LogP contribution in [0.4, 0.5) is 13.2 Å². The molecule has 0 N–H and O–H groups in total. The Hall–Kier alpha value is -2.23. The summed E-state index contributed by atoms with van der Waals surface area (Å²) in [5, 5.41) is 0. The van der Waals surface area contributed by atoms with E-state index in [1.54, 1.807) is 42.5 Å². The number of alkyl halides is 3. The van der Waals surface area contributed by atoms with E-state index in [0.29, 0.717) is 11.1 Å². The highest BCUT2D eigenvalue weighted by atomic mass is 19.4. The second-order valence-corrected chi connectivity index (χ2v) is 3.87. The fourth-order valence-corrected chi connectivity index (χ4v) is 1.73. The number of ether oxygens (including phenoxy) is 1. The van der Waals surface area contributed by atoms with Gasteiger partial charge in [-0.25, -0.2) is 0 Å². The Bertz CT molecular complexity index is 574. The number of benzene rings is 2. The molecule has 0 saturated heterocycles. The highest BCUT2D eigenvalue weighted by Crippen LogP contribution is 2.34. The first kappa shape index (κ1) is 13.2. The Balaban J connectivity index is 2.52. The van der Waals surface area contributed by atoms with E-state index in [4.69, 9.17) is 0 Å². The summed E-state index contributed by atoms with van der Waals surface area (Å²) >= 11 is 0. The van der Waals surface area contributed by atoms with Gasteiger partial charge in [-0.3, -0.25) is 0 Å². The standard InChI is InChI=1S/C15H11F3O/c1-2-11-8-9-14(19-15(16,17)18)13(10-11)12-6-4-3-5-7-12/h2-10H,1H2. The van der Waals surface area contributed by atoms with Crippen LogP contribution in [0.5, 0.6) is 5.75 Å². The second-order valence-electron chi connectivity index (χ2n) is 3.87. The molecule has 0 fully saturated rings. The van der Waals surface area contributed by atoms with Crippen LogP contribution >= 0.6 is 0 Å². The lowest BCUT2D eigenvalue weighted by Crippen LogP contribution is -2.17. The van der Waals surface area contributed by atoms with Gasteiger partial charge in [0.2, 0.25) is 0 Å². The smallest absolute Gasteiger partial charge is 0.405 e. The molecule has 0 amide bonds. The highest BCUT2D eigenvalue weighted by Gasteiger charge is 2.32. The fourth-order valence-electron chi connectivity index (χ4n) is 1.73. The molecule has 2 rings (SSSR count). The van der Waals surface area contributed by atoms with E-state index in [1.165, 1.54) is 12.1 Å². The molecular formula is C15H11F3O. The van der Waals surface area contributed by atoms with Gasteiger partial charge in [0.15, 0.2) is 0 Å². The van der Waals surface area contributed by atoms with E-state index in [0.717, 1.165) is 5.56 Å². The molecule has 0 bridgehead atoms. The van der Waals surface area contributed by atoms with Crippen molar-refractivity contribution in [2.45, 2.75) is 6.36 Å². The molecule has 0 spiro atoms. The van der Waals surface area contributed by atoms with Crippen LogP contribution in [0.25, 0.3) is 17.2 Å². The van der Waals surface area contributed by atoms with Gasteiger partial charge >= 0.3 is 6.36 Å². The van der Waals surface area contributed by atoms with E-state index < -0.39 is 6.36 Å². The normalized spacial score (nSPS) is 11.1. The van der Waals surface area contributed by atoms with E-state index in [1.807, 2.05) is 0 Å². The zero-order valence-corrected chi connectivity index (χ0v) is 9.95. The Morgan fingerprint density at radius 3 is 2.26 bits per heavy atom. The van der Waals surface area contributed by atoms with Crippen molar-refractivity contribution in [1.29, 1.82) is 0 Å². The van der Waals surface area contributed by atoms with Gasteiger partial charge in [0.05, 0.1) is 0 Å². The summed E-state index contributed by atoms with van der Waals surface area (Å²) in [7, 11) is 0. The maximum Gasteiger partial charge on any atom is 0.573 e. The first-order valence-electron chi connectivity index (χ1n) is 5.57. The fraction of sp³-hybridized carbons (Fsp3) is 0.0667. The predicted molar refractivity (Wildman–Crippen MR) is 68.7 cm³/mol. The predicted octanol–water partition coefficient (Wildman–Crippen LogP) is 4.90. The average Bonchev–Trinajstić information content (AvgIpc) is 2.38. The Kier molecular flexibility index (Phi) is 3.60. The van der Waals surface area contributed by atoms with Crippen molar-refractivity contribution in [2.24, 2.45) is 0 Å². The third-order valence-corrected chi connectivity index (χ3v) is 2.55. The van der Waals surface area contributed by atoms with Gasteiger partial charge < -0.3 is 4.74 Å². The van der Waals surface area contributed by atoms with Crippen molar-refractivity contribution in [2.75, 3.05) is 0 Å². The van der Waals surface area contributed by atoms with Crippen LogP contribution in [0.3, 0.4) is 0 Å². The van der Waals surface area contributed by atoms with Gasteiger partial charge in [0, 0.05) is 5.56 Å². The molecule has 4 heteroatoms. The van der Waals surface area contributed by atoms with Crippen molar-refractivity contribution in [3.05, 3.63) is 60.7 Å². The van der Waals surface area contributed by atoms with Crippen LogP contribution in [0.2, 0.25) is 0 Å². The maximum atomic E-state index is 12.4. The highest BCUT2D eigenvalue weighted by molar-refractivity contribution is 5.73. The molecule has 19 heavy (non-hydrogen) atoms. The molecule has 0 aromatic heterocycles. The van der Waals surface area contributed by atoms with Crippen molar-refractivity contribution >= 4 is 6.08 Å². The van der Waals surface area contributed by atoms with Gasteiger partial charge in [-0.05, 0) is 23.3 Å². The summed E-state index contributed by atoms with van der Waals surface area (Å²) in [5.41, 5.74) is 1.77. The van der Waals surface area contributed by atoms with Crippen LogP contribution in [-0.4, -0.2) is 6.36 Å². The van der Waals surface area contributed by atoms with Gasteiger partial charge in [-0.2, -0.15) is 0 Å². The van der Waals surface area contributed by atoms with Crippen molar-refractivity contribution < 1.29 is 17.9 Å². The Labute approximate surface area is 109 Å². The molecule has 0 radical (unpaired) electrons. The topological polar surface area (TPSA) is 9.23 Å². The molecule has 1 nitrogen and oxygen atoms in total. The van der Waals surface area contributed by atoms with Crippen molar-refractivity contribution in [3.63, 3.8) is 0 Å². The molecule has 0 aliphatic heterocycles. The summed E-state index contributed by atoms with van der Waals surface area (Å²) in [4.78, 5) is 0. The monoisotopic (exact) mass is 264 g/mol. The molecule has 0 unspecified atom stereocenters. The zero-order valence-electron chi connectivity index (χ0n) is 9.95. The Morgan fingerprint density at radius 1 is 1.00 bits per heavy atom. The molecule has 0 atom stereocenters. The van der Waals surface area contributed by atoms with E-state index >= 15 is 0 Å². The number of halogens is 3. The quantitative estimate of drug-likeness (QED) is 0.766. The third kappa shape index (κ3) is 3.37. The second kappa shape index (κ2) is 5.18. The van der Waals surface area contributed by atoms with Crippen LogP contribution < -0.4 is 4.74 Å².